The van der Waals surface area contributed by atoms with Crippen LogP contribution in [0.2, 0.25) is 0 Å². The topological polar surface area (TPSA) is 30.5 Å². The van der Waals surface area contributed by atoms with Crippen molar-refractivity contribution >= 4 is 15.9 Å². The van der Waals surface area contributed by atoms with Gasteiger partial charge >= 0.3 is 0 Å². The summed E-state index contributed by atoms with van der Waals surface area (Å²) in [5, 5.41) is 3.58. The van der Waals surface area contributed by atoms with Gasteiger partial charge in [-0.2, -0.15) is 0 Å². The third-order valence-corrected chi connectivity index (χ3v) is 4.39. The van der Waals surface area contributed by atoms with Gasteiger partial charge in [0.25, 0.3) is 0 Å². The summed E-state index contributed by atoms with van der Waals surface area (Å²) in [6, 6.07) is 6.85. The van der Waals surface area contributed by atoms with Gasteiger partial charge in [0, 0.05) is 30.1 Å². The molecule has 1 fully saturated rings. The van der Waals surface area contributed by atoms with Crippen LogP contribution in [0.1, 0.15) is 25.3 Å². The summed E-state index contributed by atoms with van der Waals surface area (Å²) in [4.78, 5) is 0. The molecule has 3 rings (SSSR count). The standard InChI is InChI=1S/C15H20BrNO2/c1-2-18-13-7-12(8-13)17-9-14-6-10-5-11(16)3-4-15(10)19-14/h3-5,12-14,17H,2,6-9H2,1H3. The molecule has 0 spiro atoms. The third kappa shape index (κ3) is 3.12. The Morgan fingerprint density at radius 1 is 1.42 bits per heavy atom. The SMILES string of the molecule is CCOC1CC(NCC2Cc3cc(Br)ccc3O2)C1. The van der Waals surface area contributed by atoms with Crippen LogP contribution in [0.4, 0.5) is 0 Å². The molecule has 1 aliphatic heterocycles. The lowest BCUT2D eigenvalue weighted by atomic mass is 9.89. The zero-order valence-electron chi connectivity index (χ0n) is 11.2. The number of hydrogen-bond acceptors (Lipinski definition) is 3. The highest BCUT2D eigenvalue weighted by atomic mass is 79.9. The van der Waals surface area contributed by atoms with Crippen molar-refractivity contribution in [2.75, 3.05) is 13.2 Å². The van der Waals surface area contributed by atoms with Gasteiger partial charge in [0.15, 0.2) is 0 Å². The van der Waals surface area contributed by atoms with E-state index in [0.29, 0.717) is 12.1 Å². The quantitative estimate of drug-likeness (QED) is 0.902. The van der Waals surface area contributed by atoms with Gasteiger partial charge < -0.3 is 14.8 Å². The third-order valence-electron chi connectivity index (χ3n) is 3.90. The molecule has 19 heavy (non-hydrogen) atoms. The van der Waals surface area contributed by atoms with E-state index in [9.17, 15) is 0 Å². The van der Waals surface area contributed by atoms with E-state index in [2.05, 4.69) is 34.2 Å². The Kier molecular flexibility index (Phi) is 4.10. The van der Waals surface area contributed by atoms with Crippen molar-refractivity contribution in [3.63, 3.8) is 0 Å². The minimum absolute atomic E-state index is 0.274. The first kappa shape index (κ1) is 13.4. The summed E-state index contributed by atoms with van der Waals surface area (Å²) in [5.74, 6) is 1.04. The Bertz CT molecular complexity index is 446. The molecule has 1 aliphatic carbocycles. The summed E-state index contributed by atoms with van der Waals surface area (Å²) < 4.78 is 12.6. The number of fused-ring (bicyclic) bond motifs is 1. The van der Waals surface area contributed by atoms with E-state index in [1.165, 1.54) is 5.56 Å². The van der Waals surface area contributed by atoms with Crippen LogP contribution in [0.5, 0.6) is 5.75 Å². The molecule has 1 unspecified atom stereocenters. The molecule has 0 bridgehead atoms. The lowest BCUT2D eigenvalue weighted by Crippen LogP contribution is -2.48. The van der Waals surface area contributed by atoms with Gasteiger partial charge in [0.2, 0.25) is 0 Å². The molecular formula is C15H20BrNO2. The van der Waals surface area contributed by atoms with Gasteiger partial charge in [0.1, 0.15) is 11.9 Å². The van der Waals surface area contributed by atoms with Crippen LogP contribution >= 0.6 is 15.9 Å². The molecule has 1 N–H and O–H groups in total. The van der Waals surface area contributed by atoms with Crippen molar-refractivity contribution in [1.82, 2.24) is 5.32 Å². The van der Waals surface area contributed by atoms with E-state index in [1.807, 2.05) is 12.1 Å². The maximum Gasteiger partial charge on any atom is 0.123 e. The van der Waals surface area contributed by atoms with Crippen LogP contribution in [0.15, 0.2) is 22.7 Å². The van der Waals surface area contributed by atoms with Gasteiger partial charge in [0.05, 0.1) is 6.10 Å². The lowest BCUT2D eigenvalue weighted by molar-refractivity contribution is -0.0114. The molecule has 0 amide bonds. The second-order valence-corrected chi connectivity index (χ2v) is 6.27. The Balaban J connectivity index is 1.42. The number of nitrogens with one attached hydrogen (secondary N) is 1. The zero-order chi connectivity index (χ0) is 13.2. The molecule has 0 aromatic heterocycles. The summed E-state index contributed by atoms with van der Waals surface area (Å²) in [6.45, 7) is 3.81. The second-order valence-electron chi connectivity index (χ2n) is 5.35. The Labute approximate surface area is 122 Å². The van der Waals surface area contributed by atoms with Crippen molar-refractivity contribution in [1.29, 1.82) is 0 Å². The number of rotatable bonds is 5. The highest BCUT2D eigenvalue weighted by molar-refractivity contribution is 9.10. The number of benzene rings is 1. The van der Waals surface area contributed by atoms with Crippen LogP contribution in [-0.2, 0) is 11.2 Å². The first-order chi connectivity index (χ1) is 9.24. The van der Waals surface area contributed by atoms with E-state index in [0.717, 1.165) is 42.6 Å². The minimum Gasteiger partial charge on any atom is -0.488 e. The predicted molar refractivity (Wildman–Crippen MR) is 78.7 cm³/mol. The van der Waals surface area contributed by atoms with Crippen molar-refractivity contribution in [2.45, 2.75) is 44.4 Å². The van der Waals surface area contributed by atoms with Crippen LogP contribution in [0.25, 0.3) is 0 Å². The van der Waals surface area contributed by atoms with Gasteiger partial charge in [-0.25, -0.2) is 0 Å². The first-order valence-electron chi connectivity index (χ1n) is 7.04. The average molecular weight is 326 g/mol. The summed E-state index contributed by atoms with van der Waals surface area (Å²) >= 11 is 3.50. The molecule has 2 aliphatic rings. The van der Waals surface area contributed by atoms with Crippen molar-refractivity contribution < 1.29 is 9.47 Å². The Morgan fingerprint density at radius 3 is 3.05 bits per heavy atom. The fraction of sp³-hybridized carbons (Fsp3) is 0.600. The van der Waals surface area contributed by atoms with Gasteiger partial charge in [-0.15, -0.1) is 0 Å². The maximum atomic E-state index is 5.94. The molecule has 1 heterocycles. The summed E-state index contributed by atoms with van der Waals surface area (Å²) in [6.07, 6.45) is 4.03. The monoisotopic (exact) mass is 325 g/mol. The molecule has 1 atom stereocenters. The average Bonchev–Trinajstić information content (AvgIpc) is 2.73. The molecule has 1 aromatic rings. The summed E-state index contributed by atoms with van der Waals surface area (Å²) in [7, 11) is 0. The van der Waals surface area contributed by atoms with E-state index >= 15 is 0 Å². The van der Waals surface area contributed by atoms with Gasteiger partial charge in [-0.3, -0.25) is 0 Å². The van der Waals surface area contributed by atoms with E-state index in [1.54, 1.807) is 0 Å². The van der Waals surface area contributed by atoms with Crippen molar-refractivity contribution in [2.24, 2.45) is 0 Å². The maximum absolute atomic E-state index is 5.94. The van der Waals surface area contributed by atoms with Crippen LogP contribution in [0, 0.1) is 0 Å². The Morgan fingerprint density at radius 2 is 2.26 bits per heavy atom. The summed E-state index contributed by atoms with van der Waals surface area (Å²) in [5.41, 5.74) is 1.31. The fourth-order valence-corrected chi connectivity index (χ4v) is 3.21. The molecule has 4 heteroatoms. The Hall–Kier alpha value is -0.580. The first-order valence-corrected chi connectivity index (χ1v) is 7.84. The zero-order valence-corrected chi connectivity index (χ0v) is 12.8. The molecule has 1 saturated carbocycles. The fourth-order valence-electron chi connectivity index (χ4n) is 2.81. The van der Waals surface area contributed by atoms with Crippen molar-refractivity contribution in [3.8, 4) is 5.75 Å². The molecule has 0 saturated heterocycles. The van der Waals surface area contributed by atoms with Crippen LogP contribution < -0.4 is 10.1 Å². The van der Waals surface area contributed by atoms with Crippen LogP contribution in [0.3, 0.4) is 0 Å². The highest BCUT2D eigenvalue weighted by Crippen LogP contribution is 2.31. The lowest BCUT2D eigenvalue weighted by Gasteiger charge is -2.36. The number of hydrogen-bond donors (Lipinski definition) is 1. The van der Waals surface area contributed by atoms with Gasteiger partial charge in [-0.05, 0) is 43.5 Å². The smallest absolute Gasteiger partial charge is 0.123 e. The molecule has 0 radical (unpaired) electrons. The van der Waals surface area contributed by atoms with E-state index in [4.69, 9.17) is 9.47 Å². The molecule has 3 nitrogen and oxygen atoms in total. The largest absolute Gasteiger partial charge is 0.488 e. The van der Waals surface area contributed by atoms with Crippen LogP contribution in [-0.4, -0.2) is 31.4 Å². The van der Waals surface area contributed by atoms with E-state index in [-0.39, 0.29) is 6.10 Å². The van der Waals surface area contributed by atoms with E-state index < -0.39 is 0 Å². The normalized spacial score (nSPS) is 28.6. The van der Waals surface area contributed by atoms with Gasteiger partial charge in [-0.1, -0.05) is 15.9 Å². The number of ether oxygens (including phenoxy) is 2. The number of halogens is 1. The van der Waals surface area contributed by atoms with Crippen molar-refractivity contribution in [3.05, 3.63) is 28.2 Å². The molecule has 104 valence electrons. The molecular weight excluding hydrogens is 306 g/mol. The highest BCUT2D eigenvalue weighted by Gasteiger charge is 2.31. The predicted octanol–water partition coefficient (Wildman–Crippen LogP) is 2.91. The molecule has 1 aromatic carbocycles. The minimum atomic E-state index is 0.274. The second kappa shape index (κ2) is 5.81.